The minimum Gasteiger partial charge on any atom is -0.459 e. The third kappa shape index (κ3) is 3.69. The van der Waals surface area contributed by atoms with Crippen LogP contribution in [0.4, 0.5) is 0 Å². The van der Waals surface area contributed by atoms with Gasteiger partial charge >= 0.3 is 0 Å². The minimum atomic E-state index is -0.613. The normalized spacial score (nSPS) is 11.8. The van der Waals surface area contributed by atoms with Gasteiger partial charge in [-0.05, 0) is 30.5 Å². The highest BCUT2D eigenvalue weighted by Crippen LogP contribution is 2.07. The lowest BCUT2D eigenvalue weighted by molar-refractivity contribution is -0.122. The van der Waals surface area contributed by atoms with Crippen molar-refractivity contribution in [3.05, 3.63) is 46.5 Å². The zero-order valence-corrected chi connectivity index (χ0v) is 11.2. The van der Waals surface area contributed by atoms with Gasteiger partial charge in [0.2, 0.25) is 5.91 Å². The average molecular weight is 278 g/mol. The molecule has 0 aromatic carbocycles. The second-order valence-electron chi connectivity index (χ2n) is 3.97. The fraction of sp³-hybridized carbons (Fsp3) is 0.231. The first-order valence-electron chi connectivity index (χ1n) is 5.81. The predicted molar refractivity (Wildman–Crippen MR) is 71.8 cm³/mol. The van der Waals surface area contributed by atoms with E-state index < -0.39 is 11.9 Å². The van der Waals surface area contributed by atoms with Crippen LogP contribution in [0.3, 0.4) is 0 Å². The largest absolute Gasteiger partial charge is 0.459 e. The van der Waals surface area contributed by atoms with E-state index in [9.17, 15) is 9.59 Å². The molecule has 2 N–H and O–H groups in total. The van der Waals surface area contributed by atoms with Crippen molar-refractivity contribution < 1.29 is 14.0 Å². The summed E-state index contributed by atoms with van der Waals surface area (Å²) in [6.45, 7) is 2.10. The number of carbonyl (C=O) groups excluding carboxylic acids is 2. The molecule has 100 valence electrons. The molecule has 0 radical (unpaired) electrons. The van der Waals surface area contributed by atoms with Crippen molar-refractivity contribution in [1.29, 1.82) is 0 Å². The molecule has 0 spiro atoms. The Kier molecular flexibility index (Phi) is 4.35. The Labute approximate surface area is 114 Å². The smallest absolute Gasteiger partial charge is 0.287 e. The molecule has 0 aliphatic rings. The van der Waals surface area contributed by atoms with Crippen molar-refractivity contribution in [2.45, 2.75) is 19.5 Å². The molecule has 1 atom stereocenters. The molecule has 2 aromatic rings. The maximum absolute atomic E-state index is 11.8. The van der Waals surface area contributed by atoms with Crippen LogP contribution >= 0.6 is 11.3 Å². The molecule has 5 nitrogen and oxygen atoms in total. The Bertz CT molecular complexity index is 534. The summed E-state index contributed by atoms with van der Waals surface area (Å²) in [6, 6.07) is 6.42. The number of furan rings is 1. The van der Waals surface area contributed by atoms with Gasteiger partial charge in [0.1, 0.15) is 6.04 Å². The van der Waals surface area contributed by atoms with Crippen molar-refractivity contribution in [3.8, 4) is 0 Å². The Hall–Kier alpha value is -2.08. The standard InChI is InChI=1S/C13H14N2O3S/c1-9(15-13(17)11-5-2-6-18-11)12(16)14-8-10-4-3-7-19-10/h2-7,9H,8H2,1H3,(H,14,16)(H,15,17)/t9-/m0/s1. The first kappa shape index (κ1) is 13.4. The van der Waals surface area contributed by atoms with E-state index >= 15 is 0 Å². The van der Waals surface area contributed by atoms with Gasteiger partial charge in [-0.1, -0.05) is 6.07 Å². The van der Waals surface area contributed by atoms with Gasteiger partial charge < -0.3 is 15.1 Å². The van der Waals surface area contributed by atoms with Crippen LogP contribution in [0.2, 0.25) is 0 Å². The van der Waals surface area contributed by atoms with Crippen molar-refractivity contribution in [2.24, 2.45) is 0 Å². The van der Waals surface area contributed by atoms with E-state index in [1.54, 1.807) is 30.4 Å². The molecule has 2 heterocycles. The molecule has 0 saturated heterocycles. The third-order valence-corrected chi connectivity index (χ3v) is 3.38. The second-order valence-corrected chi connectivity index (χ2v) is 5.00. The van der Waals surface area contributed by atoms with Crippen LogP contribution in [0.1, 0.15) is 22.4 Å². The van der Waals surface area contributed by atoms with Gasteiger partial charge in [-0.2, -0.15) is 0 Å². The van der Waals surface area contributed by atoms with Gasteiger partial charge in [0.05, 0.1) is 12.8 Å². The Morgan fingerprint density at radius 1 is 1.37 bits per heavy atom. The SMILES string of the molecule is C[C@H](NC(=O)c1ccco1)C(=O)NCc1cccs1. The molecule has 0 saturated carbocycles. The van der Waals surface area contributed by atoms with Gasteiger partial charge in [0, 0.05) is 4.88 Å². The molecule has 19 heavy (non-hydrogen) atoms. The van der Waals surface area contributed by atoms with Gasteiger partial charge in [-0.15, -0.1) is 11.3 Å². The highest BCUT2D eigenvalue weighted by molar-refractivity contribution is 7.09. The topological polar surface area (TPSA) is 71.3 Å². The Morgan fingerprint density at radius 2 is 2.21 bits per heavy atom. The first-order valence-corrected chi connectivity index (χ1v) is 6.69. The number of amides is 2. The summed E-state index contributed by atoms with van der Waals surface area (Å²) >= 11 is 1.57. The lowest BCUT2D eigenvalue weighted by atomic mass is 10.3. The van der Waals surface area contributed by atoms with E-state index in [0.29, 0.717) is 6.54 Å². The van der Waals surface area contributed by atoms with Crippen molar-refractivity contribution in [3.63, 3.8) is 0 Å². The summed E-state index contributed by atoms with van der Waals surface area (Å²) < 4.78 is 4.95. The predicted octanol–water partition coefficient (Wildman–Crippen LogP) is 1.78. The average Bonchev–Trinajstić information content (AvgIpc) is 3.08. The molecule has 2 amide bonds. The van der Waals surface area contributed by atoms with E-state index in [0.717, 1.165) is 4.88 Å². The summed E-state index contributed by atoms with van der Waals surface area (Å²) in [5.74, 6) is -0.435. The van der Waals surface area contributed by atoms with Gasteiger partial charge in [-0.3, -0.25) is 9.59 Å². The third-order valence-electron chi connectivity index (χ3n) is 2.50. The molecule has 0 bridgehead atoms. The van der Waals surface area contributed by atoms with Crippen LogP contribution in [0.25, 0.3) is 0 Å². The van der Waals surface area contributed by atoms with Gasteiger partial charge in [0.15, 0.2) is 5.76 Å². The second kappa shape index (κ2) is 6.19. The van der Waals surface area contributed by atoms with E-state index in [2.05, 4.69) is 10.6 Å². The summed E-state index contributed by atoms with van der Waals surface area (Å²) in [6.07, 6.45) is 1.41. The van der Waals surface area contributed by atoms with Crippen LogP contribution in [0.5, 0.6) is 0 Å². The van der Waals surface area contributed by atoms with E-state index in [4.69, 9.17) is 4.42 Å². The van der Waals surface area contributed by atoms with E-state index in [1.165, 1.54) is 6.26 Å². The lowest BCUT2D eigenvalue weighted by Gasteiger charge is -2.12. The van der Waals surface area contributed by atoms with Crippen LogP contribution in [0, 0.1) is 0 Å². The molecule has 0 fully saturated rings. The number of nitrogens with one attached hydrogen (secondary N) is 2. The number of hydrogen-bond acceptors (Lipinski definition) is 4. The van der Waals surface area contributed by atoms with Crippen molar-refractivity contribution in [2.75, 3.05) is 0 Å². The monoisotopic (exact) mass is 278 g/mol. The van der Waals surface area contributed by atoms with E-state index in [1.807, 2.05) is 17.5 Å². The number of rotatable bonds is 5. The van der Waals surface area contributed by atoms with Crippen LogP contribution in [-0.2, 0) is 11.3 Å². The Balaban J connectivity index is 1.80. The van der Waals surface area contributed by atoms with Crippen LogP contribution in [0.15, 0.2) is 40.3 Å². The van der Waals surface area contributed by atoms with Gasteiger partial charge in [0.25, 0.3) is 5.91 Å². The minimum absolute atomic E-state index is 0.193. The van der Waals surface area contributed by atoms with E-state index in [-0.39, 0.29) is 11.7 Å². The molecule has 6 heteroatoms. The molecule has 2 rings (SSSR count). The summed E-state index contributed by atoms with van der Waals surface area (Å²) in [7, 11) is 0. The molecule has 2 aromatic heterocycles. The lowest BCUT2D eigenvalue weighted by Crippen LogP contribution is -2.44. The maximum atomic E-state index is 11.8. The molecule has 0 aliphatic heterocycles. The quantitative estimate of drug-likeness (QED) is 0.875. The van der Waals surface area contributed by atoms with Crippen molar-refractivity contribution in [1.82, 2.24) is 10.6 Å². The van der Waals surface area contributed by atoms with Crippen molar-refractivity contribution >= 4 is 23.2 Å². The molecule has 0 unspecified atom stereocenters. The first-order chi connectivity index (χ1) is 9.16. The fourth-order valence-electron chi connectivity index (χ4n) is 1.48. The van der Waals surface area contributed by atoms with Gasteiger partial charge in [-0.25, -0.2) is 0 Å². The highest BCUT2D eigenvalue weighted by Gasteiger charge is 2.17. The highest BCUT2D eigenvalue weighted by atomic mass is 32.1. The summed E-state index contributed by atoms with van der Waals surface area (Å²) in [5.41, 5.74) is 0. The van der Waals surface area contributed by atoms with Crippen LogP contribution < -0.4 is 10.6 Å². The zero-order valence-electron chi connectivity index (χ0n) is 10.4. The van der Waals surface area contributed by atoms with Crippen LogP contribution in [-0.4, -0.2) is 17.9 Å². The number of hydrogen-bond donors (Lipinski definition) is 2. The number of carbonyl (C=O) groups is 2. The summed E-state index contributed by atoms with van der Waals surface area (Å²) in [5, 5.41) is 7.28. The zero-order chi connectivity index (χ0) is 13.7. The molecular weight excluding hydrogens is 264 g/mol. The number of thiophene rings is 1. The maximum Gasteiger partial charge on any atom is 0.287 e. The molecular formula is C13H14N2O3S. The molecule has 0 aliphatic carbocycles. The Morgan fingerprint density at radius 3 is 2.84 bits per heavy atom. The fourth-order valence-corrected chi connectivity index (χ4v) is 2.13. The summed E-state index contributed by atoms with van der Waals surface area (Å²) in [4.78, 5) is 24.5.